The first-order chi connectivity index (χ1) is 17.2. The Balaban J connectivity index is 1.05. The van der Waals surface area contributed by atoms with Crippen LogP contribution in [0.4, 0.5) is 5.95 Å². The number of fused-ring (bicyclic) bond motifs is 1. The molecule has 1 unspecified atom stereocenters. The smallest absolute Gasteiger partial charge is 0.278 e. The summed E-state index contributed by atoms with van der Waals surface area (Å²) in [4.78, 5) is 32.2. The number of hydrogen-bond donors (Lipinski definition) is 3. The minimum Gasteiger partial charge on any atom is -0.358 e. The van der Waals surface area contributed by atoms with E-state index in [9.17, 15) is 4.79 Å². The molecule has 0 saturated carbocycles. The SMILES string of the molecule is Cc1[nH]c2ccccc2c1CNCC1CCN(c2ncc(C(=O)NOC3CCCCO3)cn2)CC1. The van der Waals surface area contributed by atoms with Crippen molar-refractivity contribution in [3.05, 3.63) is 53.5 Å². The molecule has 9 nitrogen and oxygen atoms in total. The summed E-state index contributed by atoms with van der Waals surface area (Å²) in [6, 6.07) is 8.47. The van der Waals surface area contributed by atoms with Crippen molar-refractivity contribution in [3.63, 3.8) is 0 Å². The first-order valence-electron chi connectivity index (χ1n) is 12.6. The fourth-order valence-electron chi connectivity index (χ4n) is 4.88. The zero-order valence-electron chi connectivity index (χ0n) is 20.3. The van der Waals surface area contributed by atoms with Gasteiger partial charge >= 0.3 is 0 Å². The highest BCUT2D eigenvalue weighted by Gasteiger charge is 2.22. The summed E-state index contributed by atoms with van der Waals surface area (Å²) in [6.45, 7) is 6.49. The molecule has 9 heteroatoms. The molecule has 2 aromatic heterocycles. The van der Waals surface area contributed by atoms with Crippen molar-refractivity contribution in [3.8, 4) is 0 Å². The highest BCUT2D eigenvalue weighted by atomic mass is 16.8. The molecular weight excluding hydrogens is 444 g/mol. The Hall–Kier alpha value is -3.01. The van der Waals surface area contributed by atoms with Crippen LogP contribution < -0.4 is 15.7 Å². The van der Waals surface area contributed by atoms with Gasteiger partial charge in [0.25, 0.3) is 5.91 Å². The van der Waals surface area contributed by atoms with E-state index >= 15 is 0 Å². The number of hydroxylamine groups is 1. The number of ether oxygens (including phenoxy) is 1. The molecule has 0 bridgehead atoms. The summed E-state index contributed by atoms with van der Waals surface area (Å²) in [5.41, 5.74) is 6.61. The van der Waals surface area contributed by atoms with Crippen molar-refractivity contribution in [1.29, 1.82) is 0 Å². The Labute approximate surface area is 205 Å². The van der Waals surface area contributed by atoms with Gasteiger partial charge in [-0.1, -0.05) is 18.2 Å². The standard InChI is InChI=1S/C26H34N6O3/c1-18-22(21-6-2-3-7-23(21)30-18)17-27-14-19-9-11-32(12-10-19)26-28-15-20(16-29-26)25(33)31-35-24-8-4-5-13-34-24/h2-3,6-7,15-16,19,24,27,30H,4-5,8-14,17H2,1H3,(H,31,33). The van der Waals surface area contributed by atoms with Crippen LogP contribution in [0, 0.1) is 12.8 Å². The minimum atomic E-state index is -0.380. The van der Waals surface area contributed by atoms with Crippen molar-refractivity contribution in [2.45, 2.75) is 51.9 Å². The molecule has 35 heavy (non-hydrogen) atoms. The molecule has 3 aromatic rings. The summed E-state index contributed by atoms with van der Waals surface area (Å²) in [7, 11) is 0. The Kier molecular flexibility index (Phi) is 7.56. The second-order valence-electron chi connectivity index (χ2n) is 9.45. The zero-order valence-corrected chi connectivity index (χ0v) is 20.3. The van der Waals surface area contributed by atoms with Crippen LogP contribution in [-0.2, 0) is 16.1 Å². The number of anilines is 1. The summed E-state index contributed by atoms with van der Waals surface area (Å²) >= 11 is 0. The number of rotatable bonds is 8. The van der Waals surface area contributed by atoms with Crippen molar-refractivity contribution < 1.29 is 14.4 Å². The predicted molar refractivity (Wildman–Crippen MR) is 134 cm³/mol. The van der Waals surface area contributed by atoms with E-state index < -0.39 is 0 Å². The van der Waals surface area contributed by atoms with Gasteiger partial charge in [-0.15, -0.1) is 0 Å². The van der Waals surface area contributed by atoms with E-state index in [1.165, 1.54) is 22.2 Å². The van der Waals surface area contributed by atoms with Crippen molar-refractivity contribution >= 4 is 22.8 Å². The molecule has 0 radical (unpaired) electrons. The number of hydrogen-bond acceptors (Lipinski definition) is 7. The van der Waals surface area contributed by atoms with Crippen molar-refractivity contribution in [2.75, 3.05) is 31.1 Å². The lowest BCUT2D eigenvalue weighted by atomic mass is 9.97. The number of benzene rings is 1. The van der Waals surface area contributed by atoms with Crippen LogP contribution in [0.1, 0.15) is 53.7 Å². The van der Waals surface area contributed by atoms with Crippen molar-refractivity contribution in [1.82, 2.24) is 25.7 Å². The summed E-state index contributed by atoms with van der Waals surface area (Å²) in [5.74, 6) is 0.931. The van der Waals surface area contributed by atoms with Crippen LogP contribution in [0.15, 0.2) is 36.7 Å². The van der Waals surface area contributed by atoms with Gasteiger partial charge in [-0.25, -0.2) is 20.3 Å². The summed E-state index contributed by atoms with van der Waals surface area (Å²) < 4.78 is 5.46. The van der Waals surface area contributed by atoms with E-state index in [0.29, 0.717) is 24.0 Å². The minimum absolute atomic E-state index is 0.360. The summed E-state index contributed by atoms with van der Waals surface area (Å²) in [5, 5.41) is 4.97. The quantitative estimate of drug-likeness (QED) is 0.426. The van der Waals surface area contributed by atoms with Crippen molar-refractivity contribution in [2.24, 2.45) is 5.92 Å². The molecule has 2 aliphatic rings. The van der Waals surface area contributed by atoms with Crippen LogP contribution in [0.2, 0.25) is 0 Å². The average Bonchev–Trinajstić information content (AvgIpc) is 3.23. The van der Waals surface area contributed by atoms with Gasteiger partial charge in [-0.05, 0) is 56.7 Å². The second kappa shape index (κ2) is 11.2. The Morgan fingerprint density at radius 3 is 2.74 bits per heavy atom. The third-order valence-electron chi connectivity index (χ3n) is 6.98. The Bertz CT molecular complexity index is 1120. The molecule has 2 fully saturated rings. The molecule has 4 heterocycles. The van der Waals surface area contributed by atoms with Gasteiger partial charge in [0, 0.05) is 61.7 Å². The number of nitrogens with zero attached hydrogens (tertiary/aromatic N) is 3. The van der Waals surface area contributed by atoms with E-state index in [4.69, 9.17) is 9.57 Å². The average molecular weight is 479 g/mol. The first-order valence-corrected chi connectivity index (χ1v) is 12.6. The number of amides is 1. The van der Waals surface area contributed by atoms with E-state index in [-0.39, 0.29) is 12.2 Å². The van der Waals surface area contributed by atoms with Gasteiger partial charge in [-0.2, -0.15) is 0 Å². The van der Waals surface area contributed by atoms with Crippen LogP contribution in [0.25, 0.3) is 10.9 Å². The number of nitrogens with one attached hydrogen (secondary N) is 3. The molecule has 2 saturated heterocycles. The fourth-order valence-corrected chi connectivity index (χ4v) is 4.88. The molecule has 2 aliphatic heterocycles. The Morgan fingerprint density at radius 1 is 1.17 bits per heavy atom. The monoisotopic (exact) mass is 478 g/mol. The maximum absolute atomic E-state index is 12.3. The predicted octanol–water partition coefficient (Wildman–Crippen LogP) is 3.46. The number of para-hydroxylation sites is 1. The number of H-pyrrole nitrogens is 1. The van der Waals surface area contributed by atoms with Crippen LogP contribution in [0.3, 0.4) is 0 Å². The maximum Gasteiger partial charge on any atom is 0.278 e. The van der Waals surface area contributed by atoms with Gasteiger partial charge in [0.05, 0.1) is 5.56 Å². The number of aryl methyl sites for hydroxylation is 1. The largest absolute Gasteiger partial charge is 0.358 e. The molecule has 186 valence electrons. The van der Waals surface area contributed by atoms with Gasteiger partial charge in [0.15, 0.2) is 6.29 Å². The van der Waals surface area contributed by atoms with Crippen LogP contribution >= 0.6 is 0 Å². The number of aromatic amines is 1. The topological polar surface area (TPSA) is 104 Å². The normalized spacial score (nSPS) is 19.2. The highest BCUT2D eigenvalue weighted by molar-refractivity contribution is 5.92. The molecule has 1 atom stereocenters. The number of carbonyl (C=O) groups excluding carboxylic acids is 1. The number of piperidine rings is 1. The molecule has 5 rings (SSSR count). The van der Waals surface area contributed by atoms with E-state index in [1.807, 2.05) is 0 Å². The van der Waals surface area contributed by atoms with Gasteiger partial charge in [-0.3, -0.25) is 4.79 Å². The van der Waals surface area contributed by atoms with E-state index in [0.717, 1.165) is 58.3 Å². The Morgan fingerprint density at radius 2 is 1.97 bits per heavy atom. The molecule has 0 aliphatic carbocycles. The lowest BCUT2D eigenvalue weighted by molar-refractivity contribution is -0.186. The first kappa shape index (κ1) is 23.7. The van der Waals surface area contributed by atoms with E-state index in [2.05, 4.69) is 61.8 Å². The fraction of sp³-hybridized carbons (Fsp3) is 0.500. The lowest BCUT2D eigenvalue weighted by Gasteiger charge is -2.32. The third-order valence-corrected chi connectivity index (χ3v) is 6.98. The zero-order chi connectivity index (χ0) is 24.0. The summed E-state index contributed by atoms with van der Waals surface area (Å²) in [6.07, 6.45) is 7.75. The molecule has 0 spiro atoms. The van der Waals surface area contributed by atoms with Gasteiger partial charge in [0.2, 0.25) is 5.95 Å². The maximum atomic E-state index is 12.3. The molecule has 1 amide bonds. The highest BCUT2D eigenvalue weighted by Crippen LogP contribution is 2.23. The second-order valence-corrected chi connectivity index (χ2v) is 9.45. The van der Waals surface area contributed by atoms with E-state index in [1.54, 1.807) is 12.4 Å². The molecular formula is C26H34N6O3. The molecule has 1 aromatic carbocycles. The van der Waals surface area contributed by atoms with Gasteiger partial charge in [0.1, 0.15) is 0 Å². The third kappa shape index (κ3) is 5.80. The van der Waals surface area contributed by atoms with Crippen LogP contribution in [0.5, 0.6) is 0 Å². The number of aromatic nitrogens is 3. The van der Waals surface area contributed by atoms with Crippen LogP contribution in [-0.4, -0.2) is 53.4 Å². The van der Waals surface area contributed by atoms with Gasteiger partial charge < -0.3 is 19.9 Å². The molecule has 3 N–H and O–H groups in total. The number of carbonyl (C=O) groups is 1. The lowest BCUT2D eigenvalue weighted by Crippen LogP contribution is -2.38.